The highest BCUT2D eigenvalue weighted by Crippen LogP contribution is 2.19. The summed E-state index contributed by atoms with van der Waals surface area (Å²) >= 11 is 0. The van der Waals surface area contributed by atoms with E-state index in [1.807, 2.05) is 6.92 Å². The van der Waals surface area contributed by atoms with Gasteiger partial charge in [0.05, 0.1) is 7.11 Å². The van der Waals surface area contributed by atoms with Crippen molar-refractivity contribution in [2.75, 3.05) is 13.7 Å². The average molecular weight is 308 g/mol. The lowest BCUT2D eigenvalue weighted by Crippen LogP contribution is -2.55. The third kappa shape index (κ3) is 5.56. The Kier molecular flexibility index (Phi) is 6.68. The molecule has 0 aliphatic heterocycles. The van der Waals surface area contributed by atoms with E-state index in [1.165, 1.54) is 0 Å². The summed E-state index contributed by atoms with van der Waals surface area (Å²) in [7, 11) is 1.61. The van der Waals surface area contributed by atoms with Crippen LogP contribution < -0.4 is 20.5 Å². The molecule has 0 aliphatic rings. The highest BCUT2D eigenvalue weighted by atomic mass is 16.5. The molecule has 5 heteroatoms. The second-order valence-electron chi connectivity index (χ2n) is 6.29. The lowest BCUT2D eigenvalue weighted by atomic mass is 9.90. The third-order valence-electron chi connectivity index (χ3n) is 3.48. The molecule has 0 spiro atoms. The third-order valence-corrected chi connectivity index (χ3v) is 3.48. The Bertz CT molecular complexity index is 473. The predicted molar refractivity (Wildman–Crippen MR) is 88.1 cm³/mol. The first-order valence-electron chi connectivity index (χ1n) is 7.62. The first-order valence-corrected chi connectivity index (χ1v) is 7.62. The number of carbonyl (C=O) groups excluding carboxylic acids is 1. The van der Waals surface area contributed by atoms with Gasteiger partial charge in [0, 0.05) is 12.1 Å². The maximum atomic E-state index is 12.3. The number of hydrogen-bond acceptors (Lipinski definition) is 4. The zero-order chi connectivity index (χ0) is 16.8. The summed E-state index contributed by atoms with van der Waals surface area (Å²) in [4.78, 5) is 12.3. The highest BCUT2D eigenvalue weighted by Gasteiger charge is 2.28. The van der Waals surface area contributed by atoms with Crippen molar-refractivity contribution in [3.63, 3.8) is 0 Å². The summed E-state index contributed by atoms with van der Waals surface area (Å²) in [6.45, 7) is 8.30. The van der Waals surface area contributed by atoms with Gasteiger partial charge in [0.2, 0.25) is 0 Å². The van der Waals surface area contributed by atoms with Crippen LogP contribution in [0, 0.1) is 5.92 Å². The Balaban J connectivity index is 2.63. The first kappa shape index (κ1) is 18.3. The van der Waals surface area contributed by atoms with E-state index in [0.29, 0.717) is 18.2 Å². The van der Waals surface area contributed by atoms with Gasteiger partial charge < -0.3 is 20.5 Å². The molecule has 0 aliphatic carbocycles. The highest BCUT2D eigenvalue weighted by molar-refractivity contribution is 5.81. The van der Waals surface area contributed by atoms with Crippen LogP contribution in [0.25, 0.3) is 0 Å². The number of nitrogens with two attached hydrogens (primary N) is 1. The van der Waals surface area contributed by atoms with Gasteiger partial charge in [-0.05, 0) is 50.5 Å². The van der Waals surface area contributed by atoms with Crippen LogP contribution in [0.2, 0.25) is 0 Å². The van der Waals surface area contributed by atoms with Gasteiger partial charge in [0.25, 0.3) is 5.91 Å². The number of rotatable bonds is 8. The number of carbonyl (C=O) groups is 1. The van der Waals surface area contributed by atoms with Crippen molar-refractivity contribution in [3.05, 3.63) is 24.3 Å². The van der Waals surface area contributed by atoms with Crippen LogP contribution in [-0.4, -0.2) is 31.2 Å². The van der Waals surface area contributed by atoms with Crippen molar-refractivity contribution >= 4 is 5.91 Å². The van der Waals surface area contributed by atoms with Crippen LogP contribution in [0.4, 0.5) is 0 Å². The fraction of sp³-hybridized carbons (Fsp3) is 0.588. The molecule has 124 valence electrons. The van der Waals surface area contributed by atoms with Gasteiger partial charge in [-0.15, -0.1) is 0 Å². The van der Waals surface area contributed by atoms with E-state index in [2.05, 4.69) is 19.2 Å². The molecule has 1 aromatic rings. The maximum Gasteiger partial charge on any atom is 0.261 e. The van der Waals surface area contributed by atoms with E-state index in [4.69, 9.17) is 15.2 Å². The molecule has 2 unspecified atom stereocenters. The second kappa shape index (κ2) is 8.03. The topological polar surface area (TPSA) is 73.6 Å². The summed E-state index contributed by atoms with van der Waals surface area (Å²) in [6, 6.07) is 7.14. The van der Waals surface area contributed by atoms with Crippen LogP contribution >= 0.6 is 0 Å². The summed E-state index contributed by atoms with van der Waals surface area (Å²) < 4.78 is 10.8. The molecular weight excluding hydrogens is 280 g/mol. The van der Waals surface area contributed by atoms with E-state index >= 15 is 0 Å². The molecule has 0 saturated heterocycles. The van der Waals surface area contributed by atoms with Gasteiger partial charge in [-0.2, -0.15) is 0 Å². The zero-order valence-corrected chi connectivity index (χ0v) is 14.2. The Hall–Kier alpha value is -1.75. The fourth-order valence-corrected chi connectivity index (χ4v) is 2.40. The van der Waals surface area contributed by atoms with Crippen molar-refractivity contribution < 1.29 is 14.3 Å². The number of ether oxygens (including phenoxy) is 2. The van der Waals surface area contributed by atoms with Gasteiger partial charge in [-0.25, -0.2) is 0 Å². The molecule has 1 aromatic carbocycles. The summed E-state index contributed by atoms with van der Waals surface area (Å²) in [5.74, 6) is 1.66. The van der Waals surface area contributed by atoms with Gasteiger partial charge >= 0.3 is 0 Å². The summed E-state index contributed by atoms with van der Waals surface area (Å²) in [6.07, 6.45) is 0.233. The number of methoxy groups -OCH3 is 1. The van der Waals surface area contributed by atoms with Gasteiger partial charge in [-0.3, -0.25) is 4.79 Å². The smallest absolute Gasteiger partial charge is 0.261 e. The average Bonchev–Trinajstić information content (AvgIpc) is 2.47. The zero-order valence-electron chi connectivity index (χ0n) is 14.2. The Morgan fingerprint density at radius 2 is 1.77 bits per heavy atom. The molecule has 1 amide bonds. The fourth-order valence-electron chi connectivity index (χ4n) is 2.40. The molecular formula is C17H28N2O3. The molecule has 3 N–H and O–H groups in total. The molecule has 0 radical (unpaired) electrons. The van der Waals surface area contributed by atoms with Gasteiger partial charge in [0.15, 0.2) is 6.10 Å². The second-order valence-corrected chi connectivity index (χ2v) is 6.29. The maximum absolute atomic E-state index is 12.3. The molecule has 5 nitrogen and oxygen atoms in total. The molecule has 22 heavy (non-hydrogen) atoms. The quantitative estimate of drug-likeness (QED) is 0.773. The lowest BCUT2D eigenvalue weighted by molar-refractivity contribution is -0.129. The number of nitrogens with one attached hydrogen (secondary N) is 1. The Morgan fingerprint density at radius 1 is 1.23 bits per heavy atom. The van der Waals surface area contributed by atoms with Crippen LogP contribution in [0.1, 0.15) is 34.1 Å². The molecule has 0 heterocycles. The molecule has 0 aromatic heterocycles. The Labute approximate surface area is 133 Å². The molecule has 1 rings (SSSR count). The minimum absolute atomic E-state index is 0.163. The van der Waals surface area contributed by atoms with Crippen LogP contribution in [0.5, 0.6) is 11.5 Å². The van der Waals surface area contributed by atoms with Crippen LogP contribution in [0.15, 0.2) is 24.3 Å². The van der Waals surface area contributed by atoms with Crippen molar-refractivity contribution in [2.24, 2.45) is 11.7 Å². The van der Waals surface area contributed by atoms with E-state index in [0.717, 1.165) is 12.2 Å². The monoisotopic (exact) mass is 308 g/mol. The molecule has 2 atom stereocenters. The minimum atomic E-state index is -0.591. The lowest BCUT2D eigenvalue weighted by Gasteiger charge is -2.32. The number of benzene rings is 1. The van der Waals surface area contributed by atoms with Crippen molar-refractivity contribution in [1.29, 1.82) is 0 Å². The van der Waals surface area contributed by atoms with E-state index in [9.17, 15) is 4.79 Å². The summed E-state index contributed by atoms with van der Waals surface area (Å²) in [5.41, 5.74) is 5.40. The van der Waals surface area contributed by atoms with E-state index in [-0.39, 0.29) is 5.91 Å². The number of hydrogen-bond donors (Lipinski definition) is 2. The minimum Gasteiger partial charge on any atom is -0.497 e. The standard InChI is InChI=1S/C17H28N2O3/c1-12(2)10-17(4,11-18)19-16(20)13(3)22-15-8-6-14(21-5)7-9-15/h6-9,12-13H,10-11,18H2,1-5H3,(H,19,20). The van der Waals surface area contributed by atoms with E-state index in [1.54, 1.807) is 38.3 Å². The SMILES string of the molecule is COc1ccc(OC(C)C(=O)NC(C)(CN)CC(C)C)cc1. The van der Waals surface area contributed by atoms with Crippen LogP contribution in [-0.2, 0) is 4.79 Å². The van der Waals surface area contributed by atoms with Crippen molar-refractivity contribution in [2.45, 2.75) is 45.8 Å². The first-order chi connectivity index (χ1) is 10.3. The Morgan fingerprint density at radius 3 is 2.23 bits per heavy atom. The van der Waals surface area contributed by atoms with Gasteiger partial charge in [0.1, 0.15) is 11.5 Å². The molecule has 0 bridgehead atoms. The van der Waals surface area contributed by atoms with Crippen molar-refractivity contribution in [1.82, 2.24) is 5.32 Å². The van der Waals surface area contributed by atoms with Crippen molar-refractivity contribution in [3.8, 4) is 11.5 Å². The van der Waals surface area contributed by atoms with Crippen LogP contribution in [0.3, 0.4) is 0 Å². The predicted octanol–water partition coefficient (Wildman–Crippen LogP) is 2.34. The number of amides is 1. The van der Waals surface area contributed by atoms with Gasteiger partial charge in [-0.1, -0.05) is 13.8 Å². The molecule has 0 fully saturated rings. The van der Waals surface area contributed by atoms with E-state index < -0.39 is 11.6 Å². The largest absolute Gasteiger partial charge is 0.497 e. The summed E-state index contributed by atoms with van der Waals surface area (Å²) in [5, 5.41) is 3.00. The molecule has 0 saturated carbocycles. The normalized spacial score (nSPS) is 15.0.